The van der Waals surface area contributed by atoms with Gasteiger partial charge in [-0.2, -0.15) is 4.31 Å². The molecule has 0 N–H and O–H groups in total. The van der Waals surface area contributed by atoms with Crippen molar-refractivity contribution >= 4 is 15.9 Å². The van der Waals surface area contributed by atoms with E-state index in [1.165, 1.54) is 11.1 Å². The lowest BCUT2D eigenvalue weighted by atomic mass is 9.89. The van der Waals surface area contributed by atoms with E-state index in [-0.39, 0.29) is 30.2 Å². The normalized spacial score (nSPS) is 19.8. The Morgan fingerprint density at radius 3 is 1.97 bits per heavy atom. The molecule has 0 saturated carbocycles. The summed E-state index contributed by atoms with van der Waals surface area (Å²) in [6.07, 6.45) is 1.46. The van der Waals surface area contributed by atoms with Crippen molar-refractivity contribution in [3.63, 3.8) is 0 Å². The maximum absolute atomic E-state index is 14.3. The summed E-state index contributed by atoms with van der Waals surface area (Å²) in [5.74, 6) is 0.314. The van der Waals surface area contributed by atoms with Crippen LogP contribution in [0.5, 0.6) is 0 Å². The topological polar surface area (TPSA) is 60.9 Å². The fourth-order valence-corrected chi connectivity index (χ4v) is 8.09. The molecule has 7 heteroatoms. The van der Waals surface area contributed by atoms with Crippen molar-refractivity contribution in [2.45, 2.75) is 83.6 Å². The molecule has 1 amide bonds. The fraction of sp³-hybridized carbons (Fsp3) is 0.594. The molecule has 214 valence electrons. The minimum atomic E-state index is -3.74. The van der Waals surface area contributed by atoms with Crippen LogP contribution in [0.15, 0.2) is 47.4 Å². The summed E-state index contributed by atoms with van der Waals surface area (Å²) >= 11 is 0. The molecule has 2 aromatic rings. The SMILES string of the molecule is CC(C)c1cc(C(C)C)c(S(=O)(=O)N2CCCC(C(=O)N3CCN(Cc4ccccc4)CC3)C2)c(C(C)C)c1. The summed E-state index contributed by atoms with van der Waals surface area (Å²) in [5.41, 5.74) is 4.26. The Hall–Kier alpha value is -2.22. The molecule has 2 fully saturated rings. The molecular weight excluding hydrogens is 506 g/mol. The van der Waals surface area contributed by atoms with Crippen molar-refractivity contribution in [2.24, 2.45) is 5.92 Å². The van der Waals surface area contributed by atoms with Gasteiger partial charge in [-0.25, -0.2) is 8.42 Å². The van der Waals surface area contributed by atoms with Crippen LogP contribution in [-0.2, 0) is 21.4 Å². The zero-order valence-electron chi connectivity index (χ0n) is 24.7. The Bertz CT molecular complexity index is 1200. The van der Waals surface area contributed by atoms with Crippen LogP contribution in [0.2, 0.25) is 0 Å². The molecule has 2 saturated heterocycles. The second kappa shape index (κ2) is 12.5. The summed E-state index contributed by atoms with van der Waals surface area (Å²) in [4.78, 5) is 18.4. The second-order valence-electron chi connectivity index (χ2n) is 12.3. The Morgan fingerprint density at radius 1 is 0.846 bits per heavy atom. The predicted molar refractivity (Wildman–Crippen MR) is 158 cm³/mol. The van der Waals surface area contributed by atoms with Crippen molar-refractivity contribution < 1.29 is 13.2 Å². The molecule has 2 aliphatic heterocycles. The minimum absolute atomic E-state index is 0.0837. The van der Waals surface area contributed by atoms with Crippen LogP contribution in [0.25, 0.3) is 0 Å². The number of sulfonamides is 1. The highest BCUT2D eigenvalue weighted by Gasteiger charge is 2.38. The Kier molecular flexibility index (Phi) is 9.56. The van der Waals surface area contributed by atoms with E-state index in [4.69, 9.17) is 0 Å². The largest absolute Gasteiger partial charge is 0.340 e. The maximum atomic E-state index is 14.3. The van der Waals surface area contributed by atoms with Crippen LogP contribution in [-0.4, -0.2) is 67.7 Å². The van der Waals surface area contributed by atoms with Crippen LogP contribution >= 0.6 is 0 Å². The van der Waals surface area contributed by atoms with Crippen molar-refractivity contribution in [3.8, 4) is 0 Å². The monoisotopic (exact) mass is 553 g/mol. The molecule has 1 unspecified atom stereocenters. The molecule has 1 atom stereocenters. The van der Waals surface area contributed by atoms with E-state index in [9.17, 15) is 13.2 Å². The van der Waals surface area contributed by atoms with Gasteiger partial charge in [-0.15, -0.1) is 0 Å². The molecule has 0 bridgehead atoms. The number of rotatable bonds is 8. The highest BCUT2D eigenvalue weighted by molar-refractivity contribution is 7.89. The molecule has 6 nitrogen and oxygen atoms in total. The predicted octanol–water partition coefficient (Wildman–Crippen LogP) is 5.80. The fourth-order valence-electron chi connectivity index (χ4n) is 5.91. The molecular formula is C32H47N3O3S. The highest BCUT2D eigenvalue weighted by Crippen LogP contribution is 2.38. The number of amides is 1. The molecule has 0 spiro atoms. The zero-order chi connectivity index (χ0) is 28.3. The van der Waals surface area contributed by atoms with Gasteiger partial charge in [0.15, 0.2) is 0 Å². The van der Waals surface area contributed by atoms with Gasteiger partial charge in [-0.05, 0) is 52.8 Å². The lowest BCUT2D eigenvalue weighted by Crippen LogP contribution is -2.52. The van der Waals surface area contributed by atoms with E-state index in [0.29, 0.717) is 36.9 Å². The molecule has 2 aliphatic rings. The maximum Gasteiger partial charge on any atom is 0.243 e. The third-order valence-electron chi connectivity index (χ3n) is 8.34. The summed E-state index contributed by atoms with van der Waals surface area (Å²) < 4.78 is 30.2. The minimum Gasteiger partial charge on any atom is -0.340 e. The van der Waals surface area contributed by atoms with Crippen LogP contribution < -0.4 is 0 Å². The van der Waals surface area contributed by atoms with E-state index in [0.717, 1.165) is 37.2 Å². The summed E-state index contributed by atoms with van der Waals surface area (Å²) in [7, 11) is -3.74. The number of piperidine rings is 1. The molecule has 39 heavy (non-hydrogen) atoms. The van der Waals surface area contributed by atoms with Crippen molar-refractivity contribution in [2.75, 3.05) is 39.3 Å². The quantitative estimate of drug-likeness (QED) is 0.414. The third kappa shape index (κ3) is 6.75. The van der Waals surface area contributed by atoms with Gasteiger partial charge >= 0.3 is 0 Å². The van der Waals surface area contributed by atoms with Gasteiger partial charge < -0.3 is 4.90 Å². The molecule has 2 heterocycles. The van der Waals surface area contributed by atoms with Gasteiger partial charge in [0, 0.05) is 45.8 Å². The first-order valence-electron chi connectivity index (χ1n) is 14.7. The Labute approximate surface area is 236 Å². The molecule has 2 aromatic carbocycles. The van der Waals surface area contributed by atoms with E-state index in [2.05, 4.69) is 82.8 Å². The van der Waals surface area contributed by atoms with E-state index in [1.807, 2.05) is 11.0 Å². The van der Waals surface area contributed by atoms with Gasteiger partial charge in [-0.1, -0.05) is 84.0 Å². The number of piperazine rings is 1. The Morgan fingerprint density at radius 2 is 1.44 bits per heavy atom. The second-order valence-corrected chi connectivity index (χ2v) is 14.2. The van der Waals surface area contributed by atoms with E-state index in [1.54, 1.807) is 4.31 Å². The zero-order valence-corrected chi connectivity index (χ0v) is 25.5. The van der Waals surface area contributed by atoms with Crippen molar-refractivity contribution in [1.29, 1.82) is 0 Å². The standard InChI is InChI=1S/C32H47N3O3S/c1-23(2)28-19-29(24(3)4)31(30(20-28)25(5)6)39(37,38)35-14-10-13-27(22-35)32(36)34-17-15-33(16-18-34)21-26-11-8-7-9-12-26/h7-9,11-12,19-20,23-25,27H,10,13-18,21-22H2,1-6H3. The van der Waals surface area contributed by atoms with Gasteiger partial charge in [0.05, 0.1) is 10.8 Å². The van der Waals surface area contributed by atoms with E-state index < -0.39 is 10.0 Å². The smallest absolute Gasteiger partial charge is 0.243 e. The van der Waals surface area contributed by atoms with Gasteiger partial charge in [0.25, 0.3) is 0 Å². The first-order chi connectivity index (χ1) is 18.5. The first kappa shape index (κ1) is 29.8. The average molecular weight is 554 g/mol. The number of hydrogen-bond donors (Lipinski definition) is 0. The van der Waals surface area contributed by atoms with Crippen molar-refractivity contribution in [1.82, 2.24) is 14.1 Å². The number of benzene rings is 2. The van der Waals surface area contributed by atoms with E-state index >= 15 is 0 Å². The lowest BCUT2D eigenvalue weighted by Gasteiger charge is -2.39. The van der Waals surface area contributed by atoms with Crippen molar-refractivity contribution in [3.05, 3.63) is 64.7 Å². The highest BCUT2D eigenvalue weighted by atomic mass is 32.2. The molecule has 4 rings (SSSR count). The van der Waals surface area contributed by atoms with Crippen LogP contribution in [0, 0.1) is 5.92 Å². The number of hydrogen-bond acceptors (Lipinski definition) is 4. The number of carbonyl (C=O) groups excluding carboxylic acids is 1. The van der Waals surface area contributed by atoms with Crippen LogP contribution in [0.3, 0.4) is 0 Å². The summed E-state index contributed by atoms with van der Waals surface area (Å²) in [6, 6.07) is 14.6. The third-order valence-corrected chi connectivity index (χ3v) is 10.3. The average Bonchev–Trinajstić information content (AvgIpc) is 2.92. The van der Waals surface area contributed by atoms with Gasteiger partial charge in [-0.3, -0.25) is 9.69 Å². The molecule has 0 radical (unpaired) electrons. The number of carbonyl (C=O) groups is 1. The van der Waals surface area contributed by atoms with Crippen LogP contribution in [0.4, 0.5) is 0 Å². The van der Waals surface area contributed by atoms with Crippen LogP contribution in [0.1, 0.15) is 94.4 Å². The first-order valence-corrected chi connectivity index (χ1v) is 16.2. The van der Waals surface area contributed by atoms with Gasteiger partial charge in [0.1, 0.15) is 0 Å². The summed E-state index contributed by atoms with van der Waals surface area (Å²) in [6.45, 7) is 17.3. The Balaban J connectivity index is 1.50. The lowest BCUT2D eigenvalue weighted by molar-refractivity contribution is -0.138. The molecule has 0 aromatic heterocycles. The number of nitrogens with zero attached hydrogens (tertiary/aromatic N) is 3. The molecule has 0 aliphatic carbocycles. The van der Waals surface area contributed by atoms with Gasteiger partial charge in [0.2, 0.25) is 15.9 Å². The summed E-state index contributed by atoms with van der Waals surface area (Å²) in [5, 5.41) is 0.